The number of carbonyl (C=O) groups excluding carboxylic acids is 1. The number of para-hydroxylation sites is 1. The quantitative estimate of drug-likeness (QED) is 0.446. The largest absolute Gasteiger partial charge is 0.497 e. The molecule has 0 aliphatic carbocycles. The smallest absolute Gasteiger partial charge is 0.264 e. The lowest BCUT2D eigenvalue weighted by Gasteiger charge is -2.25. The van der Waals surface area contributed by atoms with Gasteiger partial charge in [-0.2, -0.15) is 5.10 Å². The Bertz CT molecular complexity index is 1260. The number of carbonyl (C=O) groups is 1. The van der Waals surface area contributed by atoms with Crippen molar-refractivity contribution in [1.82, 2.24) is 14.7 Å². The van der Waals surface area contributed by atoms with Crippen LogP contribution >= 0.6 is 11.3 Å². The molecule has 4 aromatic rings. The van der Waals surface area contributed by atoms with E-state index in [0.29, 0.717) is 6.54 Å². The zero-order valence-electron chi connectivity index (χ0n) is 18.0. The van der Waals surface area contributed by atoms with Gasteiger partial charge in [0.15, 0.2) is 0 Å². The van der Waals surface area contributed by atoms with Crippen LogP contribution < -0.4 is 4.74 Å². The average molecular weight is 432 g/mol. The Morgan fingerprint density at radius 3 is 2.71 bits per heavy atom. The van der Waals surface area contributed by atoms with Crippen molar-refractivity contribution in [2.24, 2.45) is 0 Å². The molecule has 1 amide bonds. The topological polar surface area (TPSA) is 47.4 Å². The summed E-state index contributed by atoms with van der Waals surface area (Å²) in [6.45, 7) is 5.69. The normalized spacial score (nSPS) is 18.6. The molecule has 6 heteroatoms. The number of benzene rings is 2. The Kier molecular flexibility index (Phi) is 4.82. The van der Waals surface area contributed by atoms with Gasteiger partial charge in [0, 0.05) is 23.9 Å². The summed E-state index contributed by atoms with van der Waals surface area (Å²) in [7, 11) is 1.69. The second-order valence-corrected chi connectivity index (χ2v) is 9.46. The van der Waals surface area contributed by atoms with E-state index in [0.717, 1.165) is 45.2 Å². The van der Waals surface area contributed by atoms with Crippen LogP contribution in [-0.2, 0) is 5.41 Å². The number of thiophene rings is 1. The monoisotopic (exact) mass is 431 g/mol. The zero-order valence-corrected chi connectivity index (χ0v) is 18.8. The minimum atomic E-state index is -0.0718. The van der Waals surface area contributed by atoms with E-state index in [9.17, 15) is 4.79 Å². The summed E-state index contributed by atoms with van der Waals surface area (Å²) in [4.78, 5) is 17.2. The third-order valence-electron chi connectivity index (χ3n) is 6.28. The molecule has 1 aliphatic heterocycles. The molecule has 1 fully saturated rings. The Balaban J connectivity index is 1.43. The first-order chi connectivity index (χ1) is 15.0. The lowest BCUT2D eigenvalue weighted by atomic mass is 9.82. The van der Waals surface area contributed by atoms with Gasteiger partial charge in [-0.15, -0.1) is 11.3 Å². The number of aromatic nitrogens is 2. The van der Waals surface area contributed by atoms with Crippen LogP contribution in [0.5, 0.6) is 5.75 Å². The highest BCUT2D eigenvalue weighted by Gasteiger charge is 2.38. The van der Waals surface area contributed by atoms with Crippen molar-refractivity contribution in [3.63, 3.8) is 0 Å². The van der Waals surface area contributed by atoms with Crippen LogP contribution in [0.1, 0.15) is 34.3 Å². The van der Waals surface area contributed by atoms with Crippen LogP contribution in [0.25, 0.3) is 15.9 Å². The number of aryl methyl sites for hydroxylation is 1. The lowest BCUT2D eigenvalue weighted by Crippen LogP contribution is -2.32. The number of amides is 1. The van der Waals surface area contributed by atoms with Crippen LogP contribution in [0, 0.1) is 6.92 Å². The average Bonchev–Trinajstić information content (AvgIpc) is 3.49. The van der Waals surface area contributed by atoms with E-state index < -0.39 is 0 Å². The van der Waals surface area contributed by atoms with Gasteiger partial charge in [0.25, 0.3) is 5.91 Å². The second kappa shape index (κ2) is 7.54. The van der Waals surface area contributed by atoms with Crippen molar-refractivity contribution in [3.05, 3.63) is 76.8 Å². The van der Waals surface area contributed by atoms with E-state index in [4.69, 9.17) is 4.74 Å². The maximum atomic E-state index is 13.4. The van der Waals surface area contributed by atoms with E-state index in [-0.39, 0.29) is 11.3 Å². The molecule has 3 heterocycles. The summed E-state index contributed by atoms with van der Waals surface area (Å²) in [6.07, 6.45) is 0.938. The molecule has 158 valence electrons. The minimum Gasteiger partial charge on any atom is -0.497 e. The first kappa shape index (κ1) is 19.8. The number of nitrogens with zero attached hydrogens (tertiary/aromatic N) is 3. The Morgan fingerprint density at radius 2 is 1.94 bits per heavy atom. The van der Waals surface area contributed by atoms with Crippen molar-refractivity contribution in [2.75, 3.05) is 20.2 Å². The SMILES string of the molecule is COc1cccc(C2(C)CCN(C(=O)c3cc4c(C)nn(-c5ccccc5)c4s3)C2)c1. The highest BCUT2D eigenvalue weighted by Crippen LogP contribution is 2.37. The molecule has 0 radical (unpaired) electrons. The van der Waals surface area contributed by atoms with E-state index in [2.05, 4.69) is 24.2 Å². The minimum absolute atomic E-state index is 0.0718. The van der Waals surface area contributed by atoms with Gasteiger partial charge in [-0.3, -0.25) is 4.79 Å². The molecule has 0 bridgehead atoms. The Morgan fingerprint density at radius 1 is 1.13 bits per heavy atom. The lowest BCUT2D eigenvalue weighted by molar-refractivity contribution is 0.0789. The highest BCUT2D eigenvalue weighted by atomic mass is 32.1. The van der Waals surface area contributed by atoms with Gasteiger partial charge in [0.2, 0.25) is 0 Å². The standard InChI is InChI=1S/C25H25N3O2S/c1-17-21-15-22(31-24(21)28(26-17)19-9-5-4-6-10-19)23(29)27-13-12-25(2,16-27)18-8-7-11-20(14-18)30-3/h4-11,14-15H,12-13,16H2,1-3H3. The van der Waals surface area contributed by atoms with Gasteiger partial charge in [0.1, 0.15) is 10.6 Å². The molecule has 0 saturated carbocycles. The number of methoxy groups -OCH3 is 1. The number of likely N-dealkylation sites (tertiary alicyclic amines) is 1. The first-order valence-electron chi connectivity index (χ1n) is 10.5. The first-order valence-corrected chi connectivity index (χ1v) is 11.3. The van der Waals surface area contributed by atoms with Crippen LogP contribution in [-0.4, -0.2) is 40.8 Å². The molecule has 31 heavy (non-hydrogen) atoms. The van der Waals surface area contributed by atoms with Crippen molar-refractivity contribution in [1.29, 1.82) is 0 Å². The molecule has 2 aromatic carbocycles. The van der Waals surface area contributed by atoms with Gasteiger partial charge in [-0.25, -0.2) is 4.68 Å². The van der Waals surface area contributed by atoms with Crippen LogP contribution in [0.4, 0.5) is 0 Å². The third-order valence-corrected chi connectivity index (χ3v) is 7.38. The predicted molar refractivity (Wildman–Crippen MR) is 125 cm³/mol. The number of hydrogen-bond donors (Lipinski definition) is 0. The van der Waals surface area contributed by atoms with Gasteiger partial charge in [-0.1, -0.05) is 37.3 Å². The van der Waals surface area contributed by atoms with Crippen molar-refractivity contribution in [3.8, 4) is 11.4 Å². The fraction of sp³-hybridized carbons (Fsp3) is 0.280. The van der Waals surface area contributed by atoms with Gasteiger partial charge in [0.05, 0.1) is 23.4 Å². The molecular weight excluding hydrogens is 406 g/mol. The van der Waals surface area contributed by atoms with Crippen LogP contribution in [0.2, 0.25) is 0 Å². The molecular formula is C25H25N3O2S. The van der Waals surface area contributed by atoms with Crippen molar-refractivity contribution >= 4 is 27.5 Å². The van der Waals surface area contributed by atoms with Gasteiger partial charge >= 0.3 is 0 Å². The molecule has 0 N–H and O–H groups in total. The van der Waals surface area contributed by atoms with E-state index in [1.807, 2.05) is 65.0 Å². The number of hydrogen-bond acceptors (Lipinski definition) is 4. The Hall–Kier alpha value is -3.12. The van der Waals surface area contributed by atoms with Gasteiger partial charge in [-0.05, 0) is 49.2 Å². The molecule has 2 aromatic heterocycles. The van der Waals surface area contributed by atoms with Crippen LogP contribution in [0.3, 0.4) is 0 Å². The third kappa shape index (κ3) is 3.41. The van der Waals surface area contributed by atoms with Gasteiger partial charge < -0.3 is 9.64 Å². The van der Waals surface area contributed by atoms with Crippen molar-refractivity contribution < 1.29 is 9.53 Å². The summed E-state index contributed by atoms with van der Waals surface area (Å²) in [5.41, 5.74) is 3.09. The zero-order chi connectivity index (χ0) is 21.6. The summed E-state index contributed by atoms with van der Waals surface area (Å²) in [5.74, 6) is 0.959. The Labute approximate surface area is 185 Å². The second-order valence-electron chi connectivity index (χ2n) is 8.43. The molecule has 5 nitrogen and oxygen atoms in total. The molecule has 1 aliphatic rings. The summed E-state index contributed by atoms with van der Waals surface area (Å²) >= 11 is 1.53. The highest BCUT2D eigenvalue weighted by molar-refractivity contribution is 7.20. The molecule has 1 atom stereocenters. The fourth-order valence-corrected chi connectivity index (χ4v) is 5.57. The van der Waals surface area contributed by atoms with Crippen LogP contribution in [0.15, 0.2) is 60.7 Å². The van der Waals surface area contributed by atoms with E-state index in [1.165, 1.54) is 16.9 Å². The predicted octanol–water partition coefficient (Wildman–Crippen LogP) is 5.21. The molecule has 0 spiro atoms. The number of rotatable bonds is 4. The number of ether oxygens (including phenoxy) is 1. The van der Waals surface area contributed by atoms with Crippen molar-refractivity contribution in [2.45, 2.75) is 25.7 Å². The maximum Gasteiger partial charge on any atom is 0.264 e. The summed E-state index contributed by atoms with van der Waals surface area (Å²) in [5, 5.41) is 5.74. The summed E-state index contributed by atoms with van der Waals surface area (Å²) < 4.78 is 7.34. The van der Waals surface area contributed by atoms with E-state index in [1.54, 1.807) is 7.11 Å². The maximum absolute atomic E-state index is 13.4. The summed E-state index contributed by atoms with van der Waals surface area (Å²) in [6, 6.07) is 20.3. The molecule has 1 unspecified atom stereocenters. The molecule has 1 saturated heterocycles. The molecule has 5 rings (SSSR count). The number of fused-ring (bicyclic) bond motifs is 1. The fourth-order valence-electron chi connectivity index (χ4n) is 4.42. The van der Waals surface area contributed by atoms with E-state index >= 15 is 0 Å².